The number of likely N-dealkylation sites (tertiary alicyclic amines) is 1. The molecule has 1 aliphatic heterocycles. The van der Waals surface area contributed by atoms with Crippen LogP contribution in [0.2, 0.25) is 0 Å². The summed E-state index contributed by atoms with van der Waals surface area (Å²) in [6.45, 7) is 0.848. The number of carboxylic acid groups (broad SMARTS) is 1. The number of carbonyl (C=O) groups excluding carboxylic acids is 2. The first-order valence-electron chi connectivity index (χ1n) is 6.74. The van der Waals surface area contributed by atoms with Crippen molar-refractivity contribution in [2.24, 2.45) is 5.92 Å². The molecule has 0 bridgehead atoms. The molecule has 1 aliphatic rings. The molecule has 0 aliphatic carbocycles. The summed E-state index contributed by atoms with van der Waals surface area (Å²) >= 11 is 0. The molecule has 7 nitrogen and oxygen atoms in total. The number of hydrogen-bond donors (Lipinski definition) is 1. The summed E-state index contributed by atoms with van der Waals surface area (Å²) in [4.78, 5) is 37.6. The summed E-state index contributed by atoms with van der Waals surface area (Å²) < 4.78 is 5.20. The maximum absolute atomic E-state index is 12.2. The lowest BCUT2D eigenvalue weighted by atomic mass is 10.1. The van der Waals surface area contributed by atoms with Crippen LogP contribution >= 0.6 is 0 Å². The van der Waals surface area contributed by atoms with Gasteiger partial charge in [0, 0.05) is 26.6 Å². The van der Waals surface area contributed by atoms with Crippen LogP contribution in [-0.2, 0) is 20.9 Å². The first kappa shape index (κ1) is 15.1. The predicted octanol–water partition coefficient (Wildman–Crippen LogP) is 0.561. The van der Waals surface area contributed by atoms with E-state index in [2.05, 4.69) is 0 Å². The van der Waals surface area contributed by atoms with Crippen LogP contribution in [-0.4, -0.2) is 52.8 Å². The van der Waals surface area contributed by atoms with E-state index in [4.69, 9.17) is 9.52 Å². The molecule has 21 heavy (non-hydrogen) atoms. The molecule has 0 saturated carbocycles. The first-order chi connectivity index (χ1) is 9.97. The Balaban J connectivity index is 1.89. The molecule has 1 fully saturated rings. The minimum Gasteiger partial charge on any atom is -0.481 e. The molecule has 2 heterocycles. The summed E-state index contributed by atoms with van der Waals surface area (Å²) in [6.07, 6.45) is 1.61. The second-order valence-electron chi connectivity index (χ2n) is 5.16. The molecule has 7 heteroatoms. The van der Waals surface area contributed by atoms with E-state index in [9.17, 15) is 14.4 Å². The monoisotopic (exact) mass is 294 g/mol. The van der Waals surface area contributed by atoms with Crippen molar-refractivity contribution in [1.29, 1.82) is 0 Å². The van der Waals surface area contributed by atoms with Gasteiger partial charge >= 0.3 is 5.97 Å². The van der Waals surface area contributed by atoms with Gasteiger partial charge in [-0.25, -0.2) is 0 Å². The molecule has 2 amide bonds. The Bertz CT molecular complexity index is 525. The lowest BCUT2D eigenvalue weighted by Crippen LogP contribution is -2.35. The molecule has 0 aromatic carbocycles. The van der Waals surface area contributed by atoms with Gasteiger partial charge in [0.25, 0.3) is 0 Å². The number of furan rings is 1. The van der Waals surface area contributed by atoms with Crippen molar-refractivity contribution in [1.82, 2.24) is 9.80 Å². The van der Waals surface area contributed by atoms with Gasteiger partial charge in [0.1, 0.15) is 5.76 Å². The van der Waals surface area contributed by atoms with Crippen molar-refractivity contribution in [2.75, 3.05) is 20.1 Å². The van der Waals surface area contributed by atoms with Gasteiger partial charge in [-0.05, 0) is 12.1 Å². The fourth-order valence-electron chi connectivity index (χ4n) is 2.37. The largest absolute Gasteiger partial charge is 0.481 e. The Morgan fingerprint density at radius 1 is 1.52 bits per heavy atom. The molecule has 1 unspecified atom stereocenters. The molecule has 1 atom stereocenters. The number of nitrogens with zero attached hydrogens (tertiary/aromatic N) is 2. The van der Waals surface area contributed by atoms with E-state index in [1.54, 1.807) is 24.1 Å². The highest BCUT2D eigenvalue weighted by molar-refractivity contribution is 5.89. The second kappa shape index (κ2) is 6.43. The van der Waals surface area contributed by atoms with Crippen LogP contribution in [0.4, 0.5) is 0 Å². The molecule has 1 saturated heterocycles. The van der Waals surface area contributed by atoms with Crippen LogP contribution in [0.5, 0.6) is 0 Å². The van der Waals surface area contributed by atoms with Crippen molar-refractivity contribution >= 4 is 17.8 Å². The van der Waals surface area contributed by atoms with Crippen molar-refractivity contribution in [3.8, 4) is 0 Å². The molecule has 2 rings (SSSR count). The predicted molar refractivity (Wildman–Crippen MR) is 72.1 cm³/mol. The Labute approximate surface area is 122 Å². The van der Waals surface area contributed by atoms with E-state index >= 15 is 0 Å². The normalized spacial score (nSPS) is 18.0. The quantitative estimate of drug-likeness (QED) is 0.828. The zero-order valence-corrected chi connectivity index (χ0v) is 11.8. The first-order valence-corrected chi connectivity index (χ1v) is 6.74. The summed E-state index contributed by atoms with van der Waals surface area (Å²) in [5.74, 6) is -0.957. The van der Waals surface area contributed by atoms with Crippen molar-refractivity contribution in [2.45, 2.75) is 19.4 Å². The highest BCUT2D eigenvalue weighted by Gasteiger charge is 2.35. The van der Waals surface area contributed by atoms with Gasteiger partial charge in [0.15, 0.2) is 0 Å². The molecule has 0 radical (unpaired) electrons. The Morgan fingerprint density at radius 3 is 2.90 bits per heavy atom. The smallest absolute Gasteiger partial charge is 0.305 e. The Kier molecular flexibility index (Phi) is 4.62. The highest BCUT2D eigenvalue weighted by atomic mass is 16.4. The van der Waals surface area contributed by atoms with E-state index < -0.39 is 11.9 Å². The van der Waals surface area contributed by atoms with E-state index in [-0.39, 0.29) is 31.2 Å². The standard InChI is InChI=1S/C14H18N2O5/c1-15(5-4-13(18)19)14(20)10-7-12(17)16(8-10)9-11-3-2-6-21-11/h2-3,6,10H,4-5,7-9H2,1H3,(H,18,19). The van der Waals surface area contributed by atoms with Gasteiger partial charge in [-0.15, -0.1) is 0 Å². The van der Waals surface area contributed by atoms with E-state index in [1.165, 1.54) is 11.2 Å². The average Bonchev–Trinajstić information content (AvgIpc) is 3.06. The third kappa shape index (κ3) is 3.84. The molecule has 114 valence electrons. The number of aliphatic carboxylic acids is 1. The maximum Gasteiger partial charge on any atom is 0.305 e. The van der Waals surface area contributed by atoms with Crippen molar-refractivity contribution < 1.29 is 23.9 Å². The number of carboxylic acids is 1. The summed E-state index contributed by atoms with van der Waals surface area (Å²) in [6, 6.07) is 3.53. The molecule has 1 N–H and O–H groups in total. The third-order valence-electron chi connectivity index (χ3n) is 3.53. The third-order valence-corrected chi connectivity index (χ3v) is 3.53. The summed E-state index contributed by atoms with van der Waals surface area (Å²) in [5.41, 5.74) is 0. The van der Waals surface area contributed by atoms with Crippen LogP contribution in [0.1, 0.15) is 18.6 Å². The van der Waals surface area contributed by atoms with Crippen LogP contribution in [0, 0.1) is 5.92 Å². The zero-order chi connectivity index (χ0) is 15.4. The van der Waals surface area contributed by atoms with Gasteiger partial charge in [-0.2, -0.15) is 0 Å². The van der Waals surface area contributed by atoms with Crippen LogP contribution in [0.15, 0.2) is 22.8 Å². The van der Waals surface area contributed by atoms with Gasteiger partial charge < -0.3 is 19.3 Å². The van der Waals surface area contributed by atoms with Gasteiger partial charge in [-0.1, -0.05) is 0 Å². The minimum atomic E-state index is -0.948. The number of carbonyl (C=O) groups is 3. The zero-order valence-electron chi connectivity index (χ0n) is 11.8. The van der Waals surface area contributed by atoms with E-state index in [1.807, 2.05) is 0 Å². The lowest BCUT2D eigenvalue weighted by molar-refractivity contribution is -0.139. The fourth-order valence-corrected chi connectivity index (χ4v) is 2.37. The molecule has 1 aromatic rings. The topological polar surface area (TPSA) is 91.1 Å². The van der Waals surface area contributed by atoms with Gasteiger partial charge in [0.2, 0.25) is 11.8 Å². The highest BCUT2D eigenvalue weighted by Crippen LogP contribution is 2.22. The van der Waals surface area contributed by atoms with Gasteiger partial charge in [-0.3, -0.25) is 14.4 Å². The van der Waals surface area contributed by atoms with Crippen LogP contribution < -0.4 is 0 Å². The number of amides is 2. The van der Waals surface area contributed by atoms with Crippen molar-refractivity contribution in [3.05, 3.63) is 24.2 Å². The average molecular weight is 294 g/mol. The van der Waals surface area contributed by atoms with Crippen molar-refractivity contribution in [3.63, 3.8) is 0 Å². The van der Waals surface area contributed by atoms with Crippen LogP contribution in [0.3, 0.4) is 0 Å². The molecule has 1 aromatic heterocycles. The molecular weight excluding hydrogens is 276 g/mol. The molecule has 0 spiro atoms. The van der Waals surface area contributed by atoms with E-state index in [0.29, 0.717) is 18.8 Å². The summed E-state index contributed by atoms with van der Waals surface area (Å²) in [7, 11) is 1.56. The fraction of sp³-hybridized carbons (Fsp3) is 0.500. The number of rotatable bonds is 6. The van der Waals surface area contributed by atoms with Crippen LogP contribution in [0.25, 0.3) is 0 Å². The van der Waals surface area contributed by atoms with Gasteiger partial charge in [0.05, 0.1) is 25.1 Å². The summed E-state index contributed by atoms with van der Waals surface area (Å²) in [5, 5.41) is 8.63. The lowest BCUT2D eigenvalue weighted by Gasteiger charge is -2.20. The second-order valence-corrected chi connectivity index (χ2v) is 5.16. The SMILES string of the molecule is CN(CCC(=O)O)C(=O)C1CC(=O)N(Cc2ccco2)C1. The minimum absolute atomic E-state index is 0.0867. The maximum atomic E-state index is 12.2. The Morgan fingerprint density at radius 2 is 2.29 bits per heavy atom. The Hall–Kier alpha value is -2.31. The van der Waals surface area contributed by atoms with E-state index in [0.717, 1.165) is 0 Å². The number of hydrogen-bond acceptors (Lipinski definition) is 4. The molecular formula is C14H18N2O5.